The van der Waals surface area contributed by atoms with E-state index in [9.17, 15) is 27.9 Å². The zero-order valence-corrected chi connectivity index (χ0v) is 22.3. The van der Waals surface area contributed by atoms with Gasteiger partial charge in [-0.1, -0.05) is 6.07 Å². The second-order valence-corrected chi connectivity index (χ2v) is 11.4. The first kappa shape index (κ1) is 25.8. The second-order valence-electron chi connectivity index (χ2n) is 9.50. The molecule has 4 aromatic rings. The Hall–Kier alpha value is -4.46. The molecule has 2 aliphatic rings. The van der Waals surface area contributed by atoms with Crippen molar-refractivity contribution in [3.05, 3.63) is 76.6 Å². The predicted molar refractivity (Wildman–Crippen MR) is 142 cm³/mol. The number of aryl methyl sites for hydroxylation is 2. The molecular weight excluding hydrogens is 538 g/mol. The van der Waals surface area contributed by atoms with E-state index in [0.717, 1.165) is 4.90 Å². The number of aromatic carboxylic acids is 1. The summed E-state index contributed by atoms with van der Waals surface area (Å²) in [7, 11) is -3.87. The number of carboxylic acid groups (broad SMARTS) is 1. The highest BCUT2D eigenvalue weighted by molar-refractivity contribution is 7.89. The number of hydrogen-bond donors (Lipinski definition) is 1. The van der Waals surface area contributed by atoms with Crippen LogP contribution in [0.5, 0.6) is 0 Å². The number of rotatable bonds is 5. The van der Waals surface area contributed by atoms with Crippen molar-refractivity contribution in [1.82, 2.24) is 19.1 Å². The van der Waals surface area contributed by atoms with Gasteiger partial charge in [0, 0.05) is 24.5 Å². The predicted octanol–water partition coefficient (Wildman–Crippen LogP) is 2.56. The van der Waals surface area contributed by atoms with Gasteiger partial charge < -0.3 is 9.84 Å². The van der Waals surface area contributed by atoms with Crippen molar-refractivity contribution in [2.75, 3.05) is 31.2 Å². The molecule has 1 saturated heterocycles. The number of fused-ring (bicyclic) bond motifs is 3. The molecule has 12 nitrogen and oxygen atoms in total. The Balaban J connectivity index is 1.49. The molecule has 0 saturated carbocycles. The summed E-state index contributed by atoms with van der Waals surface area (Å²) in [6.07, 6.45) is 0. The minimum Gasteiger partial charge on any atom is -0.478 e. The number of morpholine rings is 1. The lowest BCUT2D eigenvalue weighted by atomic mass is 10.0. The van der Waals surface area contributed by atoms with E-state index in [1.807, 2.05) is 0 Å². The van der Waals surface area contributed by atoms with E-state index in [1.165, 1.54) is 39.3 Å². The number of sulfonamides is 1. The number of amides is 2. The Labute approximate surface area is 228 Å². The van der Waals surface area contributed by atoms with Crippen LogP contribution in [0.1, 0.15) is 42.5 Å². The lowest BCUT2D eigenvalue weighted by molar-refractivity contribution is 0.0696. The average Bonchev–Trinajstić information content (AvgIpc) is 3.45. The monoisotopic (exact) mass is 561 g/mol. The van der Waals surface area contributed by atoms with E-state index in [2.05, 4.69) is 10.1 Å². The molecule has 0 radical (unpaired) electrons. The quantitative estimate of drug-likeness (QED) is 0.362. The number of hydrogen-bond acceptors (Lipinski definition) is 8. The number of anilines is 1. The molecule has 2 aromatic heterocycles. The summed E-state index contributed by atoms with van der Waals surface area (Å²) in [6.45, 7) is 4.29. The second kappa shape index (κ2) is 9.33. The molecule has 13 heteroatoms. The Kier molecular flexibility index (Phi) is 6.02. The zero-order valence-electron chi connectivity index (χ0n) is 21.5. The summed E-state index contributed by atoms with van der Waals surface area (Å²) in [6, 6.07) is 11.9. The van der Waals surface area contributed by atoms with E-state index in [0.29, 0.717) is 22.6 Å². The van der Waals surface area contributed by atoms with Crippen molar-refractivity contribution in [3.8, 4) is 5.69 Å². The third-order valence-electron chi connectivity index (χ3n) is 6.96. The van der Waals surface area contributed by atoms with Crippen LogP contribution >= 0.6 is 0 Å². The molecular formula is C27H23N5O7S. The number of nitrogens with zero attached hydrogens (tertiary/aromatic N) is 5. The summed E-state index contributed by atoms with van der Waals surface area (Å²) >= 11 is 0. The molecule has 0 spiro atoms. The van der Waals surface area contributed by atoms with Crippen molar-refractivity contribution in [1.29, 1.82) is 0 Å². The van der Waals surface area contributed by atoms with Gasteiger partial charge in [-0.15, -0.1) is 0 Å². The Morgan fingerprint density at radius 2 is 1.70 bits per heavy atom. The van der Waals surface area contributed by atoms with Crippen molar-refractivity contribution >= 4 is 44.5 Å². The van der Waals surface area contributed by atoms with Gasteiger partial charge in [-0.2, -0.15) is 9.40 Å². The summed E-state index contributed by atoms with van der Waals surface area (Å²) in [4.78, 5) is 44.7. The van der Waals surface area contributed by atoms with Gasteiger partial charge in [0.15, 0.2) is 0 Å². The normalized spacial score (nSPS) is 16.1. The number of imide groups is 1. The van der Waals surface area contributed by atoms with Crippen LogP contribution in [0.15, 0.2) is 53.4 Å². The molecule has 2 aliphatic heterocycles. The van der Waals surface area contributed by atoms with Crippen molar-refractivity contribution < 1.29 is 32.6 Å². The molecule has 40 heavy (non-hydrogen) atoms. The standard InChI is InChI=1S/C27H23N5O7S/c1-15-12-22(32(29-15)18-5-3-4-17(13-18)27(35)36)31-25(33)23-16(2)28-21-7-6-19(14-20(21)24(23)26(31)34)40(37,38)30-8-10-39-11-9-30/h3-7,12-14H,8-11H2,1-2H3,(H,35,36). The molecule has 1 fully saturated rings. The van der Waals surface area contributed by atoms with Gasteiger partial charge in [0.2, 0.25) is 10.0 Å². The fourth-order valence-electron chi connectivity index (χ4n) is 5.08. The Morgan fingerprint density at radius 3 is 2.42 bits per heavy atom. The Morgan fingerprint density at radius 1 is 0.975 bits per heavy atom. The van der Waals surface area contributed by atoms with Crippen LogP contribution in [0.3, 0.4) is 0 Å². The van der Waals surface area contributed by atoms with Crippen LogP contribution in [-0.2, 0) is 14.8 Å². The lowest BCUT2D eigenvalue weighted by Gasteiger charge is -2.26. The van der Waals surface area contributed by atoms with Crippen LogP contribution in [0, 0.1) is 13.8 Å². The van der Waals surface area contributed by atoms with Gasteiger partial charge in [0.25, 0.3) is 11.8 Å². The highest BCUT2D eigenvalue weighted by Crippen LogP contribution is 2.36. The van der Waals surface area contributed by atoms with E-state index in [1.54, 1.807) is 32.0 Å². The first-order chi connectivity index (χ1) is 19.1. The molecule has 0 atom stereocenters. The minimum absolute atomic E-state index is 0.0130. The maximum atomic E-state index is 14.0. The average molecular weight is 562 g/mol. The molecule has 2 amide bonds. The Bertz CT molecular complexity index is 1860. The molecule has 0 unspecified atom stereocenters. The third kappa shape index (κ3) is 3.97. The van der Waals surface area contributed by atoms with Crippen molar-refractivity contribution in [2.45, 2.75) is 18.7 Å². The van der Waals surface area contributed by atoms with Gasteiger partial charge in [0.1, 0.15) is 5.82 Å². The summed E-state index contributed by atoms with van der Waals surface area (Å²) in [5.41, 5.74) is 1.67. The van der Waals surface area contributed by atoms with E-state index in [-0.39, 0.29) is 59.1 Å². The minimum atomic E-state index is -3.87. The maximum absolute atomic E-state index is 14.0. The molecule has 204 valence electrons. The van der Waals surface area contributed by atoms with E-state index >= 15 is 0 Å². The summed E-state index contributed by atoms with van der Waals surface area (Å²) < 4.78 is 34.6. The number of benzene rings is 2. The number of aromatic nitrogens is 3. The SMILES string of the molecule is Cc1cc(N2C(=O)c3c(C)nc4ccc(S(=O)(=O)N5CCOCC5)cc4c3C2=O)n(-c2cccc(C(=O)O)c2)n1. The highest BCUT2D eigenvalue weighted by Gasteiger charge is 2.42. The van der Waals surface area contributed by atoms with Crippen LogP contribution < -0.4 is 4.90 Å². The largest absolute Gasteiger partial charge is 0.478 e. The lowest BCUT2D eigenvalue weighted by Crippen LogP contribution is -2.40. The molecule has 1 N–H and O–H groups in total. The fourth-order valence-corrected chi connectivity index (χ4v) is 6.51. The van der Waals surface area contributed by atoms with Crippen LogP contribution in [0.2, 0.25) is 0 Å². The van der Waals surface area contributed by atoms with Gasteiger partial charge >= 0.3 is 5.97 Å². The van der Waals surface area contributed by atoms with Gasteiger partial charge in [-0.3, -0.25) is 14.6 Å². The first-order valence-corrected chi connectivity index (χ1v) is 13.8. The number of carboxylic acids is 1. The first-order valence-electron chi connectivity index (χ1n) is 12.4. The van der Waals surface area contributed by atoms with Crippen molar-refractivity contribution in [2.24, 2.45) is 0 Å². The van der Waals surface area contributed by atoms with Gasteiger partial charge in [-0.25, -0.2) is 22.8 Å². The molecule has 2 aromatic carbocycles. The maximum Gasteiger partial charge on any atom is 0.335 e. The number of ether oxygens (including phenoxy) is 1. The number of carbonyl (C=O) groups is 3. The highest BCUT2D eigenvalue weighted by atomic mass is 32.2. The number of carbonyl (C=O) groups excluding carboxylic acids is 2. The van der Waals surface area contributed by atoms with E-state index < -0.39 is 27.8 Å². The third-order valence-corrected chi connectivity index (χ3v) is 8.85. The van der Waals surface area contributed by atoms with Crippen LogP contribution in [0.25, 0.3) is 16.6 Å². The summed E-state index contributed by atoms with van der Waals surface area (Å²) in [5.74, 6) is -2.31. The van der Waals surface area contributed by atoms with Gasteiger partial charge in [-0.05, 0) is 50.2 Å². The summed E-state index contributed by atoms with van der Waals surface area (Å²) in [5, 5.41) is 14.1. The molecule has 0 bridgehead atoms. The smallest absolute Gasteiger partial charge is 0.335 e. The van der Waals surface area contributed by atoms with Crippen LogP contribution in [0.4, 0.5) is 5.82 Å². The molecule has 0 aliphatic carbocycles. The van der Waals surface area contributed by atoms with Crippen LogP contribution in [-0.4, -0.2) is 76.7 Å². The van der Waals surface area contributed by atoms with Gasteiger partial charge in [0.05, 0.1) is 57.4 Å². The molecule has 6 rings (SSSR count). The fraction of sp³-hybridized carbons (Fsp3) is 0.222. The molecule has 4 heterocycles. The topological polar surface area (TPSA) is 152 Å². The number of pyridine rings is 1. The van der Waals surface area contributed by atoms with Crippen molar-refractivity contribution in [3.63, 3.8) is 0 Å². The van der Waals surface area contributed by atoms with E-state index in [4.69, 9.17) is 4.74 Å². The zero-order chi connectivity index (χ0) is 28.3.